The summed E-state index contributed by atoms with van der Waals surface area (Å²) in [6.45, 7) is 1.50. The Bertz CT molecular complexity index is 742. The highest BCUT2D eigenvalue weighted by Gasteiger charge is 2.27. The van der Waals surface area contributed by atoms with E-state index in [1.807, 2.05) is 12.1 Å². The maximum atomic E-state index is 11.7. The first kappa shape index (κ1) is 16.3. The van der Waals surface area contributed by atoms with Gasteiger partial charge in [0, 0.05) is 24.5 Å². The number of carbonyl (C=O) groups is 1. The van der Waals surface area contributed by atoms with E-state index in [4.69, 9.17) is 14.2 Å². The second-order valence-corrected chi connectivity index (χ2v) is 5.71. The van der Waals surface area contributed by atoms with Crippen LogP contribution in [-0.2, 0) is 9.53 Å². The minimum atomic E-state index is -0.131. The van der Waals surface area contributed by atoms with Crippen molar-refractivity contribution < 1.29 is 19.0 Å². The number of ether oxygens (including phenoxy) is 3. The van der Waals surface area contributed by atoms with Crippen molar-refractivity contribution in [2.75, 3.05) is 39.3 Å². The third kappa shape index (κ3) is 2.93. The van der Waals surface area contributed by atoms with Crippen LogP contribution in [0.25, 0.3) is 10.9 Å². The van der Waals surface area contributed by atoms with E-state index in [-0.39, 0.29) is 11.9 Å². The van der Waals surface area contributed by atoms with E-state index in [9.17, 15) is 4.79 Å². The predicted molar refractivity (Wildman–Crippen MR) is 89.6 cm³/mol. The molecule has 7 nitrogen and oxygen atoms in total. The summed E-state index contributed by atoms with van der Waals surface area (Å²) in [4.78, 5) is 22.6. The fourth-order valence-electron chi connectivity index (χ4n) is 3.12. The van der Waals surface area contributed by atoms with Crippen LogP contribution in [0.3, 0.4) is 0 Å². The number of aromatic nitrogens is 2. The van der Waals surface area contributed by atoms with Crippen LogP contribution < -0.4 is 14.4 Å². The second-order valence-electron chi connectivity index (χ2n) is 5.71. The molecule has 1 aromatic heterocycles. The number of anilines is 1. The largest absolute Gasteiger partial charge is 0.493 e. The fraction of sp³-hybridized carbons (Fsp3) is 0.471. The van der Waals surface area contributed by atoms with Crippen molar-refractivity contribution in [1.29, 1.82) is 0 Å². The summed E-state index contributed by atoms with van der Waals surface area (Å²) in [5.74, 6) is 1.97. The van der Waals surface area contributed by atoms with Gasteiger partial charge in [-0.05, 0) is 18.9 Å². The molecule has 0 unspecified atom stereocenters. The molecule has 0 saturated carbocycles. The van der Waals surface area contributed by atoms with E-state index < -0.39 is 0 Å². The molecule has 0 spiro atoms. The first-order chi connectivity index (χ1) is 11.7. The highest BCUT2D eigenvalue weighted by molar-refractivity contribution is 5.92. The molecule has 1 aliphatic rings. The van der Waals surface area contributed by atoms with Gasteiger partial charge in [-0.3, -0.25) is 4.79 Å². The SMILES string of the molecule is COC(=O)C1CCN(c2ncnc3cc(OC)c(OC)cc23)CC1. The molecule has 0 bridgehead atoms. The molecule has 1 aromatic carbocycles. The van der Waals surface area contributed by atoms with Crippen LogP contribution in [0.2, 0.25) is 0 Å². The number of methoxy groups -OCH3 is 3. The number of carbonyl (C=O) groups excluding carboxylic acids is 1. The topological polar surface area (TPSA) is 73.8 Å². The van der Waals surface area contributed by atoms with Gasteiger partial charge in [-0.2, -0.15) is 0 Å². The van der Waals surface area contributed by atoms with E-state index in [0.717, 1.165) is 42.7 Å². The predicted octanol–water partition coefficient (Wildman–Crippen LogP) is 2.04. The van der Waals surface area contributed by atoms with Crippen LogP contribution >= 0.6 is 0 Å². The van der Waals surface area contributed by atoms with Gasteiger partial charge in [-0.15, -0.1) is 0 Å². The molecular formula is C17H21N3O4. The molecule has 3 rings (SSSR count). The second kappa shape index (κ2) is 6.90. The monoisotopic (exact) mass is 331 g/mol. The summed E-state index contributed by atoms with van der Waals surface area (Å²) in [5.41, 5.74) is 0.799. The number of rotatable bonds is 4. The van der Waals surface area contributed by atoms with E-state index in [1.54, 1.807) is 20.5 Å². The minimum Gasteiger partial charge on any atom is -0.493 e. The van der Waals surface area contributed by atoms with Crippen LogP contribution in [-0.4, -0.2) is 50.4 Å². The van der Waals surface area contributed by atoms with Crippen LogP contribution in [0.5, 0.6) is 11.5 Å². The zero-order valence-electron chi connectivity index (χ0n) is 14.1. The summed E-state index contributed by atoms with van der Waals surface area (Å²) < 4.78 is 15.6. The van der Waals surface area contributed by atoms with Gasteiger partial charge >= 0.3 is 5.97 Å². The maximum Gasteiger partial charge on any atom is 0.308 e. The highest BCUT2D eigenvalue weighted by atomic mass is 16.5. The van der Waals surface area contributed by atoms with Crippen molar-refractivity contribution >= 4 is 22.7 Å². The van der Waals surface area contributed by atoms with Gasteiger partial charge < -0.3 is 19.1 Å². The van der Waals surface area contributed by atoms with Gasteiger partial charge in [0.15, 0.2) is 11.5 Å². The quantitative estimate of drug-likeness (QED) is 0.794. The molecule has 128 valence electrons. The molecule has 2 aromatic rings. The van der Waals surface area contributed by atoms with E-state index in [2.05, 4.69) is 14.9 Å². The third-order valence-corrected chi connectivity index (χ3v) is 4.45. The lowest BCUT2D eigenvalue weighted by Gasteiger charge is -2.32. The number of nitrogens with zero attached hydrogens (tertiary/aromatic N) is 3. The van der Waals surface area contributed by atoms with Crippen molar-refractivity contribution in [3.05, 3.63) is 18.5 Å². The van der Waals surface area contributed by atoms with Gasteiger partial charge in [0.2, 0.25) is 0 Å². The molecule has 0 aliphatic carbocycles. The Labute approximate surface area is 140 Å². The van der Waals surface area contributed by atoms with Crippen LogP contribution in [0.1, 0.15) is 12.8 Å². The zero-order chi connectivity index (χ0) is 17.1. The third-order valence-electron chi connectivity index (χ3n) is 4.45. The summed E-state index contributed by atoms with van der Waals surface area (Å²) in [6.07, 6.45) is 3.06. The Hall–Kier alpha value is -2.57. The number of hydrogen-bond donors (Lipinski definition) is 0. The van der Waals surface area contributed by atoms with Crippen molar-refractivity contribution in [2.24, 2.45) is 5.92 Å². The molecule has 1 aliphatic heterocycles. The molecule has 0 radical (unpaired) electrons. The lowest BCUT2D eigenvalue weighted by molar-refractivity contribution is -0.146. The van der Waals surface area contributed by atoms with Gasteiger partial charge in [-0.1, -0.05) is 0 Å². The van der Waals surface area contributed by atoms with Crippen LogP contribution in [0, 0.1) is 5.92 Å². The Kier molecular flexibility index (Phi) is 4.69. The molecular weight excluding hydrogens is 310 g/mol. The number of fused-ring (bicyclic) bond motifs is 1. The molecule has 24 heavy (non-hydrogen) atoms. The zero-order valence-corrected chi connectivity index (χ0v) is 14.1. The first-order valence-electron chi connectivity index (χ1n) is 7.87. The molecule has 7 heteroatoms. The fourth-order valence-corrected chi connectivity index (χ4v) is 3.12. The van der Waals surface area contributed by atoms with E-state index >= 15 is 0 Å². The summed E-state index contributed by atoms with van der Waals surface area (Å²) in [5, 5.41) is 0.909. The smallest absolute Gasteiger partial charge is 0.308 e. The minimum absolute atomic E-state index is 0.0334. The van der Waals surface area contributed by atoms with Crippen LogP contribution in [0.15, 0.2) is 18.5 Å². The summed E-state index contributed by atoms with van der Waals surface area (Å²) in [6, 6.07) is 3.75. The standard InChI is InChI=1S/C17H21N3O4/c1-22-14-8-12-13(9-15(14)23-2)18-10-19-16(12)20-6-4-11(5-7-20)17(21)24-3/h8-11H,4-7H2,1-3H3. The Morgan fingerprint density at radius 3 is 2.38 bits per heavy atom. The van der Waals surface area contributed by atoms with Gasteiger partial charge in [0.1, 0.15) is 12.1 Å². The van der Waals surface area contributed by atoms with E-state index in [1.165, 1.54) is 7.11 Å². The van der Waals surface area contributed by atoms with Crippen molar-refractivity contribution in [3.8, 4) is 11.5 Å². The number of benzene rings is 1. The van der Waals surface area contributed by atoms with Gasteiger partial charge in [-0.25, -0.2) is 9.97 Å². The lowest BCUT2D eigenvalue weighted by atomic mass is 9.97. The average Bonchev–Trinajstić information content (AvgIpc) is 2.65. The Morgan fingerprint density at radius 2 is 1.75 bits per heavy atom. The van der Waals surface area contributed by atoms with Crippen LogP contribution in [0.4, 0.5) is 5.82 Å². The molecule has 0 N–H and O–H groups in total. The van der Waals surface area contributed by atoms with Crippen molar-refractivity contribution in [1.82, 2.24) is 9.97 Å². The van der Waals surface area contributed by atoms with Gasteiger partial charge in [0.25, 0.3) is 0 Å². The normalized spacial score (nSPS) is 15.4. The number of esters is 1. The molecule has 0 atom stereocenters. The molecule has 1 fully saturated rings. The maximum absolute atomic E-state index is 11.7. The van der Waals surface area contributed by atoms with Gasteiger partial charge in [0.05, 0.1) is 32.8 Å². The molecule has 1 saturated heterocycles. The van der Waals surface area contributed by atoms with Crippen molar-refractivity contribution in [3.63, 3.8) is 0 Å². The average molecular weight is 331 g/mol. The first-order valence-corrected chi connectivity index (χ1v) is 7.87. The summed E-state index contributed by atoms with van der Waals surface area (Å²) >= 11 is 0. The number of hydrogen-bond acceptors (Lipinski definition) is 7. The lowest BCUT2D eigenvalue weighted by Crippen LogP contribution is -2.37. The van der Waals surface area contributed by atoms with Crippen molar-refractivity contribution in [2.45, 2.75) is 12.8 Å². The van der Waals surface area contributed by atoms with E-state index in [0.29, 0.717) is 11.5 Å². The summed E-state index contributed by atoms with van der Waals surface area (Å²) in [7, 11) is 4.64. The molecule has 0 amide bonds. The number of piperidine rings is 1. The molecule has 2 heterocycles. The Balaban J connectivity index is 1.91. The highest BCUT2D eigenvalue weighted by Crippen LogP contribution is 2.35. The Morgan fingerprint density at radius 1 is 1.08 bits per heavy atom.